The maximum atomic E-state index is 11.5. The summed E-state index contributed by atoms with van der Waals surface area (Å²) in [5.41, 5.74) is -1.98. The molecule has 0 radical (unpaired) electrons. The number of thioether (sulfide) groups is 1. The Balaban J connectivity index is 2.20. The van der Waals surface area contributed by atoms with E-state index in [-0.39, 0.29) is 20.5 Å². The van der Waals surface area contributed by atoms with E-state index >= 15 is 0 Å². The fraction of sp³-hybridized carbons (Fsp3) is 0.389. The molecule has 4 nitrogen and oxygen atoms in total. The average molecular weight is 364 g/mol. The molecule has 0 heterocycles. The Labute approximate surface area is 147 Å². The number of fused-ring (bicyclic) bond motifs is 1. The maximum absolute atomic E-state index is 11.5. The first-order valence-corrected chi connectivity index (χ1v) is 9.73. The van der Waals surface area contributed by atoms with Crippen molar-refractivity contribution in [1.82, 2.24) is 0 Å². The molecule has 0 saturated heterocycles. The standard InChI is InChI=1S/C18H21O4PS/c1-12(2)16(18(21,11-23-22)17(19)20)10-24-15-8-7-13-5-3-4-6-14(13)9-15/h3-9,12,16,21H,10-11H2,1-2H3,(H,19,20). The van der Waals surface area contributed by atoms with Gasteiger partial charge >= 0.3 is 5.97 Å². The van der Waals surface area contributed by atoms with Crippen molar-refractivity contribution in [3.05, 3.63) is 42.5 Å². The van der Waals surface area contributed by atoms with Gasteiger partial charge in [0, 0.05) is 16.6 Å². The first kappa shape index (κ1) is 18.9. The molecule has 24 heavy (non-hydrogen) atoms. The highest BCUT2D eigenvalue weighted by molar-refractivity contribution is 7.99. The van der Waals surface area contributed by atoms with E-state index in [9.17, 15) is 19.6 Å². The SMILES string of the molecule is CC(C)C(CSc1ccc2ccccc2c1)C(O)(CP=O)C(=O)O. The van der Waals surface area contributed by atoms with Crippen molar-refractivity contribution in [3.8, 4) is 0 Å². The molecule has 0 amide bonds. The van der Waals surface area contributed by atoms with E-state index in [2.05, 4.69) is 6.07 Å². The third-order valence-electron chi connectivity index (χ3n) is 4.24. The first-order chi connectivity index (χ1) is 11.4. The van der Waals surface area contributed by atoms with Crippen LogP contribution in [0, 0.1) is 11.8 Å². The number of carbonyl (C=O) groups is 1. The van der Waals surface area contributed by atoms with E-state index in [1.807, 2.05) is 50.2 Å². The zero-order chi connectivity index (χ0) is 17.7. The summed E-state index contributed by atoms with van der Waals surface area (Å²) in [7, 11) is -0.364. The summed E-state index contributed by atoms with van der Waals surface area (Å²) in [4.78, 5) is 12.6. The van der Waals surface area contributed by atoms with Crippen molar-refractivity contribution in [2.24, 2.45) is 11.8 Å². The number of aliphatic hydroxyl groups is 1. The summed E-state index contributed by atoms with van der Waals surface area (Å²) in [5.74, 6) is -1.44. The molecule has 0 saturated carbocycles. The van der Waals surface area contributed by atoms with Crippen LogP contribution in [-0.4, -0.2) is 33.7 Å². The van der Waals surface area contributed by atoms with E-state index in [0.29, 0.717) is 5.75 Å². The van der Waals surface area contributed by atoms with Crippen LogP contribution in [0.1, 0.15) is 13.8 Å². The molecule has 0 aliphatic carbocycles. The predicted octanol–water partition coefficient (Wildman–Crippen LogP) is 4.31. The highest BCUT2D eigenvalue weighted by atomic mass is 32.2. The van der Waals surface area contributed by atoms with Gasteiger partial charge in [-0.1, -0.05) is 44.2 Å². The van der Waals surface area contributed by atoms with Crippen molar-refractivity contribution in [3.63, 3.8) is 0 Å². The zero-order valence-corrected chi connectivity index (χ0v) is 15.4. The van der Waals surface area contributed by atoms with Crippen molar-refractivity contribution in [2.45, 2.75) is 24.3 Å². The van der Waals surface area contributed by atoms with Gasteiger partial charge in [-0.05, 0) is 28.8 Å². The smallest absolute Gasteiger partial charge is 0.336 e. The Hall–Kier alpha value is -1.42. The third kappa shape index (κ3) is 4.15. The first-order valence-electron chi connectivity index (χ1n) is 7.75. The van der Waals surface area contributed by atoms with E-state index < -0.39 is 17.5 Å². The number of rotatable bonds is 8. The van der Waals surface area contributed by atoms with Gasteiger partial charge in [0.1, 0.15) is 0 Å². The number of aliphatic carboxylic acids is 1. The average Bonchev–Trinajstić information content (AvgIpc) is 2.54. The van der Waals surface area contributed by atoms with Gasteiger partial charge in [0.15, 0.2) is 14.1 Å². The maximum Gasteiger partial charge on any atom is 0.336 e. The normalized spacial score (nSPS) is 15.5. The molecule has 2 aromatic rings. The van der Waals surface area contributed by atoms with Gasteiger partial charge in [-0.25, -0.2) is 4.79 Å². The van der Waals surface area contributed by atoms with Crippen LogP contribution in [0.25, 0.3) is 10.8 Å². The predicted molar refractivity (Wildman–Crippen MR) is 98.1 cm³/mol. The van der Waals surface area contributed by atoms with Gasteiger partial charge in [0.05, 0.1) is 6.16 Å². The summed E-state index contributed by atoms with van der Waals surface area (Å²) >= 11 is 1.51. The molecule has 0 spiro atoms. The van der Waals surface area contributed by atoms with E-state index in [1.54, 1.807) is 0 Å². The molecule has 2 unspecified atom stereocenters. The lowest BCUT2D eigenvalue weighted by molar-refractivity contribution is -0.162. The van der Waals surface area contributed by atoms with Crippen LogP contribution in [-0.2, 0) is 9.36 Å². The molecule has 128 valence electrons. The Kier molecular flexibility index (Phi) is 6.39. The second kappa shape index (κ2) is 8.11. The Morgan fingerprint density at radius 1 is 1.21 bits per heavy atom. The van der Waals surface area contributed by atoms with Crippen LogP contribution < -0.4 is 0 Å². The van der Waals surface area contributed by atoms with E-state index in [1.165, 1.54) is 11.8 Å². The lowest BCUT2D eigenvalue weighted by Gasteiger charge is -2.33. The second-order valence-corrected chi connectivity index (χ2v) is 7.85. The summed E-state index contributed by atoms with van der Waals surface area (Å²) in [6.45, 7) is 3.75. The molecular weight excluding hydrogens is 343 g/mol. The zero-order valence-electron chi connectivity index (χ0n) is 13.7. The summed E-state index contributed by atoms with van der Waals surface area (Å²) in [5, 5.41) is 22.2. The van der Waals surface area contributed by atoms with Gasteiger partial charge in [-0.2, -0.15) is 0 Å². The molecule has 2 N–H and O–H groups in total. The van der Waals surface area contributed by atoms with Crippen LogP contribution in [0.5, 0.6) is 0 Å². The fourth-order valence-electron chi connectivity index (χ4n) is 2.77. The summed E-state index contributed by atoms with van der Waals surface area (Å²) in [6, 6.07) is 14.1. The molecule has 0 bridgehead atoms. The Bertz CT molecular complexity index is 734. The largest absolute Gasteiger partial charge is 0.479 e. The van der Waals surface area contributed by atoms with Crippen molar-refractivity contribution in [2.75, 3.05) is 11.9 Å². The minimum absolute atomic E-state index is 0.0548. The monoisotopic (exact) mass is 364 g/mol. The number of hydrogen-bond donors (Lipinski definition) is 2. The Morgan fingerprint density at radius 2 is 1.88 bits per heavy atom. The molecule has 0 fully saturated rings. The lowest BCUT2D eigenvalue weighted by Crippen LogP contribution is -2.50. The van der Waals surface area contributed by atoms with Gasteiger partial charge in [-0.3, -0.25) is 4.57 Å². The van der Waals surface area contributed by atoms with Crippen LogP contribution in [0.4, 0.5) is 0 Å². The van der Waals surface area contributed by atoms with E-state index in [4.69, 9.17) is 0 Å². The highest BCUT2D eigenvalue weighted by Gasteiger charge is 2.45. The number of carboxylic acid groups (broad SMARTS) is 1. The van der Waals surface area contributed by atoms with Gasteiger partial charge in [0.25, 0.3) is 0 Å². The number of carboxylic acids is 1. The molecule has 2 atom stereocenters. The van der Waals surface area contributed by atoms with Crippen molar-refractivity contribution >= 4 is 37.0 Å². The fourth-order valence-corrected chi connectivity index (χ4v) is 4.74. The number of benzene rings is 2. The second-order valence-electron chi connectivity index (χ2n) is 6.19. The van der Waals surface area contributed by atoms with Crippen molar-refractivity contribution < 1.29 is 19.6 Å². The molecule has 6 heteroatoms. The van der Waals surface area contributed by atoms with Crippen molar-refractivity contribution in [1.29, 1.82) is 0 Å². The minimum Gasteiger partial charge on any atom is -0.479 e. The highest BCUT2D eigenvalue weighted by Crippen LogP contribution is 2.34. The quantitative estimate of drug-likeness (QED) is 0.539. The molecule has 0 aliphatic heterocycles. The third-order valence-corrected chi connectivity index (χ3v) is 5.97. The molecule has 0 aromatic heterocycles. The van der Waals surface area contributed by atoms with Crippen LogP contribution in [0.15, 0.2) is 47.4 Å². The van der Waals surface area contributed by atoms with Gasteiger partial charge in [-0.15, -0.1) is 11.8 Å². The molecule has 2 aromatic carbocycles. The lowest BCUT2D eigenvalue weighted by atomic mass is 9.82. The topological polar surface area (TPSA) is 74.6 Å². The van der Waals surface area contributed by atoms with Gasteiger partial charge < -0.3 is 10.2 Å². The van der Waals surface area contributed by atoms with Crippen LogP contribution in [0.3, 0.4) is 0 Å². The summed E-state index contributed by atoms with van der Waals surface area (Å²) in [6.07, 6.45) is -0.302. The Morgan fingerprint density at radius 3 is 2.46 bits per heavy atom. The molecule has 0 aliphatic rings. The summed E-state index contributed by atoms with van der Waals surface area (Å²) < 4.78 is 10.9. The minimum atomic E-state index is -1.98. The van der Waals surface area contributed by atoms with Crippen LogP contribution >= 0.6 is 20.2 Å². The molecule has 2 rings (SSSR count). The van der Waals surface area contributed by atoms with E-state index in [0.717, 1.165) is 15.7 Å². The number of hydrogen-bond acceptors (Lipinski definition) is 4. The van der Waals surface area contributed by atoms with Crippen LogP contribution in [0.2, 0.25) is 0 Å². The van der Waals surface area contributed by atoms with Gasteiger partial charge in [0.2, 0.25) is 0 Å². The molecular formula is C18H21O4PS.